The Kier molecular flexibility index (Phi) is 10.8. The largest absolute Gasteiger partial charge is 0.464 e. The third-order valence-electron chi connectivity index (χ3n) is 9.00. The molecule has 4 heterocycles. The van der Waals surface area contributed by atoms with Crippen LogP contribution in [0.5, 0.6) is 11.9 Å². The minimum absolute atomic E-state index is 0.0919. The first-order chi connectivity index (χ1) is 23.6. The number of halogens is 8. The van der Waals surface area contributed by atoms with Crippen LogP contribution in [0.3, 0.4) is 0 Å². The third kappa shape index (κ3) is 7.91. The van der Waals surface area contributed by atoms with Gasteiger partial charge in [0.05, 0.1) is 31.1 Å². The normalized spacial score (nSPS) is 19.7. The lowest BCUT2D eigenvalue weighted by Gasteiger charge is -2.32. The summed E-state index contributed by atoms with van der Waals surface area (Å²) in [6.45, 7) is 8.68. The second-order valence-corrected chi connectivity index (χ2v) is 12.5. The predicted octanol–water partition coefficient (Wildman–Crippen LogP) is 6.04. The van der Waals surface area contributed by atoms with Gasteiger partial charge >= 0.3 is 18.4 Å². The Labute approximate surface area is 282 Å². The van der Waals surface area contributed by atoms with E-state index in [9.17, 15) is 30.7 Å². The molecule has 0 spiro atoms. The summed E-state index contributed by atoms with van der Waals surface area (Å²) >= 11 is 0. The Hall–Kier alpha value is -3.77. The lowest BCUT2D eigenvalue weighted by Crippen LogP contribution is -2.49. The van der Waals surface area contributed by atoms with Crippen LogP contribution in [-0.4, -0.2) is 84.2 Å². The summed E-state index contributed by atoms with van der Waals surface area (Å²) in [7, 11) is 0. The highest BCUT2D eigenvalue weighted by Gasteiger charge is 2.47. The Morgan fingerprint density at radius 1 is 1.04 bits per heavy atom. The maximum atomic E-state index is 16.4. The number of anilines is 2. The van der Waals surface area contributed by atoms with Crippen molar-refractivity contribution in [3.05, 3.63) is 28.8 Å². The summed E-state index contributed by atoms with van der Waals surface area (Å²) < 4.78 is 133. The van der Waals surface area contributed by atoms with Crippen molar-refractivity contribution in [3.63, 3.8) is 0 Å². The molecule has 3 aromatic rings. The second-order valence-electron chi connectivity index (χ2n) is 12.5. The zero-order chi connectivity index (χ0) is 36.6. The number of hydrogen-bond acceptors (Lipinski definition) is 10. The third-order valence-corrected chi connectivity index (χ3v) is 9.00. The number of morpholine rings is 1. The molecule has 1 aromatic carbocycles. The number of ether oxygens (including phenoxy) is 3. The van der Waals surface area contributed by atoms with E-state index in [1.165, 1.54) is 0 Å². The number of fused-ring (bicyclic) bond motifs is 1. The molecule has 2 saturated heterocycles. The van der Waals surface area contributed by atoms with Gasteiger partial charge in [0.1, 0.15) is 28.2 Å². The molecule has 5 N–H and O–H groups in total. The summed E-state index contributed by atoms with van der Waals surface area (Å²) in [6, 6.07) is -0.511. The number of alkyl halides is 6. The number of nitrogens with zero attached hydrogens (tertiary/aromatic N) is 4. The standard InChI is InChI=1S/C30H33F8N7O3.C2H6/c1-14-20(30(36,37)38)16(11-17(39)21(14)31)23-22(32)24-19(26(42-23)48-18(29(33,34)35)10-15-2-5-41-15)25(40)44-27(43-24)47-13-28(3-4-28)12-45-6-8-46-9-7-45;1-2/h11,15,18,41H,2-10,12-13,39H2,1H3,(H2,40,43,44);1-2H3. The fourth-order valence-corrected chi connectivity index (χ4v) is 6.01. The predicted molar refractivity (Wildman–Crippen MR) is 169 cm³/mol. The van der Waals surface area contributed by atoms with E-state index in [1.807, 2.05) is 13.8 Å². The van der Waals surface area contributed by atoms with E-state index in [4.69, 9.17) is 25.7 Å². The smallest absolute Gasteiger partial charge is 0.425 e. The fourth-order valence-electron chi connectivity index (χ4n) is 6.01. The van der Waals surface area contributed by atoms with E-state index in [2.05, 4.69) is 25.2 Å². The Morgan fingerprint density at radius 3 is 2.26 bits per heavy atom. The van der Waals surface area contributed by atoms with Crippen molar-refractivity contribution < 1.29 is 49.3 Å². The van der Waals surface area contributed by atoms with Crippen molar-refractivity contribution in [1.82, 2.24) is 25.2 Å². The molecule has 18 heteroatoms. The van der Waals surface area contributed by atoms with Crippen molar-refractivity contribution in [2.45, 2.75) is 71.0 Å². The topological polar surface area (TPSA) is 134 Å². The van der Waals surface area contributed by atoms with Gasteiger partial charge in [-0.2, -0.15) is 36.3 Å². The van der Waals surface area contributed by atoms with Crippen LogP contribution in [-0.2, 0) is 10.9 Å². The molecule has 276 valence electrons. The maximum Gasteiger partial charge on any atom is 0.425 e. The number of aromatic nitrogens is 3. The molecule has 0 bridgehead atoms. The molecule has 50 heavy (non-hydrogen) atoms. The van der Waals surface area contributed by atoms with Crippen LogP contribution in [0.25, 0.3) is 22.2 Å². The van der Waals surface area contributed by atoms with E-state index in [0.717, 1.165) is 32.9 Å². The van der Waals surface area contributed by atoms with Crippen LogP contribution in [0.4, 0.5) is 46.6 Å². The minimum atomic E-state index is -5.25. The summed E-state index contributed by atoms with van der Waals surface area (Å²) in [4.78, 5) is 14.1. The molecule has 1 saturated carbocycles. The van der Waals surface area contributed by atoms with Gasteiger partial charge in [-0.15, -0.1) is 0 Å². The molecule has 0 radical (unpaired) electrons. The Balaban J connectivity index is 0.00000239. The monoisotopic (exact) mass is 721 g/mol. The van der Waals surface area contributed by atoms with E-state index in [1.54, 1.807) is 0 Å². The number of nitrogens with two attached hydrogens (primary N) is 2. The molecule has 6 rings (SSSR count). The SMILES string of the molecule is CC.Cc1c(F)c(N)cc(-c2nc(OC(CC3CCN3)C(F)(F)F)c3c(N)nc(OCC4(CN5CCOCC5)CC4)nc3c2F)c1C(F)(F)F. The highest BCUT2D eigenvalue weighted by molar-refractivity contribution is 5.96. The van der Waals surface area contributed by atoms with E-state index in [0.29, 0.717) is 38.8 Å². The zero-order valence-corrected chi connectivity index (χ0v) is 27.7. The molecule has 3 aliphatic rings. The van der Waals surface area contributed by atoms with Crippen LogP contribution in [0.15, 0.2) is 6.07 Å². The lowest BCUT2D eigenvalue weighted by molar-refractivity contribution is -0.199. The molecule has 2 atom stereocenters. The van der Waals surface area contributed by atoms with Gasteiger partial charge in [-0.05, 0) is 44.4 Å². The van der Waals surface area contributed by atoms with Crippen LogP contribution in [0, 0.1) is 24.0 Å². The lowest BCUT2D eigenvalue weighted by atomic mass is 9.96. The van der Waals surface area contributed by atoms with Gasteiger partial charge in [0.25, 0.3) is 0 Å². The molecule has 2 unspecified atom stereocenters. The minimum Gasteiger partial charge on any atom is -0.464 e. The number of hydrogen-bond donors (Lipinski definition) is 3. The van der Waals surface area contributed by atoms with Crippen molar-refractivity contribution >= 4 is 22.4 Å². The second kappa shape index (κ2) is 14.5. The molecular weight excluding hydrogens is 682 g/mol. The maximum absolute atomic E-state index is 16.4. The Bertz CT molecular complexity index is 1690. The van der Waals surface area contributed by atoms with Crippen molar-refractivity contribution in [2.24, 2.45) is 5.41 Å². The molecule has 1 aliphatic carbocycles. The summed E-state index contributed by atoms with van der Waals surface area (Å²) in [5, 5.41) is 2.22. The molecular formula is C32H39F8N7O3. The number of nitrogens with one attached hydrogen (secondary N) is 1. The van der Waals surface area contributed by atoms with Crippen molar-refractivity contribution in [1.29, 1.82) is 0 Å². The van der Waals surface area contributed by atoms with Gasteiger partial charge in [0.15, 0.2) is 11.9 Å². The number of nitrogen functional groups attached to an aromatic ring is 2. The quantitative estimate of drug-likeness (QED) is 0.168. The molecule has 2 aromatic heterocycles. The van der Waals surface area contributed by atoms with Crippen molar-refractivity contribution in [2.75, 3.05) is 57.5 Å². The summed E-state index contributed by atoms with van der Waals surface area (Å²) in [5.74, 6) is -4.45. The van der Waals surface area contributed by atoms with Crippen LogP contribution < -0.4 is 26.3 Å². The Morgan fingerprint density at radius 2 is 1.70 bits per heavy atom. The molecule has 3 fully saturated rings. The van der Waals surface area contributed by atoms with Crippen LogP contribution in [0.2, 0.25) is 0 Å². The van der Waals surface area contributed by atoms with Crippen LogP contribution in [0.1, 0.15) is 50.7 Å². The van der Waals surface area contributed by atoms with Crippen molar-refractivity contribution in [3.8, 4) is 23.1 Å². The van der Waals surface area contributed by atoms with E-state index >= 15 is 4.39 Å². The van der Waals surface area contributed by atoms with E-state index in [-0.39, 0.29) is 12.0 Å². The average Bonchev–Trinajstić information content (AvgIpc) is 3.80. The molecule has 10 nitrogen and oxygen atoms in total. The van der Waals surface area contributed by atoms with Gasteiger partial charge in [-0.25, -0.2) is 13.8 Å². The van der Waals surface area contributed by atoms with E-state index < -0.39 is 99.2 Å². The van der Waals surface area contributed by atoms with Gasteiger partial charge in [-0.3, -0.25) is 4.90 Å². The number of benzene rings is 1. The van der Waals surface area contributed by atoms with Gasteiger partial charge in [0.2, 0.25) is 5.88 Å². The molecule has 0 amide bonds. The highest BCUT2D eigenvalue weighted by Crippen LogP contribution is 2.48. The average molecular weight is 722 g/mol. The zero-order valence-electron chi connectivity index (χ0n) is 27.7. The number of rotatable bonds is 10. The summed E-state index contributed by atoms with van der Waals surface area (Å²) in [6.07, 6.45) is -11.3. The highest BCUT2D eigenvalue weighted by atomic mass is 19.4. The fraction of sp³-hybridized carbons (Fsp3) is 0.594. The van der Waals surface area contributed by atoms with Gasteiger partial charge in [-0.1, -0.05) is 13.8 Å². The number of pyridine rings is 1. The first-order valence-corrected chi connectivity index (χ1v) is 16.3. The van der Waals surface area contributed by atoms with Gasteiger partial charge in [0, 0.05) is 43.1 Å². The first kappa shape index (κ1) is 37.5. The molecule has 2 aliphatic heterocycles. The van der Waals surface area contributed by atoms with Crippen LogP contribution >= 0.6 is 0 Å². The summed E-state index contributed by atoms with van der Waals surface area (Å²) in [5.41, 5.74) is 5.17. The first-order valence-electron chi connectivity index (χ1n) is 16.3. The van der Waals surface area contributed by atoms with Gasteiger partial charge < -0.3 is 31.0 Å².